The van der Waals surface area contributed by atoms with Crippen LogP contribution >= 0.6 is 0 Å². The largest absolute Gasteiger partial charge is 0.496 e. The molecule has 0 aliphatic rings. The number of carbonyl (C=O) groups is 1. The van der Waals surface area contributed by atoms with Gasteiger partial charge in [-0.1, -0.05) is 30.8 Å². The first-order chi connectivity index (χ1) is 12.3. The zero-order valence-corrected chi connectivity index (χ0v) is 15.8. The molecule has 1 amide bonds. The number of hydrogen-bond acceptors (Lipinski definition) is 4. The van der Waals surface area contributed by atoms with E-state index in [4.69, 9.17) is 4.74 Å². The van der Waals surface area contributed by atoms with Crippen LogP contribution in [0.3, 0.4) is 0 Å². The lowest BCUT2D eigenvalue weighted by atomic mass is 10.0. The molecule has 0 aromatic heterocycles. The Morgan fingerprint density at radius 3 is 2.38 bits per heavy atom. The van der Waals surface area contributed by atoms with Crippen molar-refractivity contribution in [3.8, 4) is 16.9 Å². The van der Waals surface area contributed by atoms with E-state index in [-0.39, 0.29) is 16.8 Å². The molecule has 2 aromatic carbocycles. The van der Waals surface area contributed by atoms with Crippen LogP contribution in [0.5, 0.6) is 5.75 Å². The van der Waals surface area contributed by atoms with Crippen molar-refractivity contribution in [1.29, 1.82) is 0 Å². The van der Waals surface area contributed by atoms with Crippen molar-refractivity contribution >= 4 is 15.9 Å². The van der Waals surface area contributed by atoms with Crippen molar-refractivity contribution in [3.63, 3.8) is 0 Å². The Hall–Kier alpha value is -2.64. The standard InChI is InChI=1S/C19H22N2O4S/c1-5-19(22)21-13(2)14-6-8-15(9-7-14)17-12-16(26(23,24)20-3)10-11-18(17)25-4/h5-13,20H,1H2,2-4H3,(H,21,22)/t13-/m1/s1. The molecule has 26 heavy (non-hydrogen) atoms. The van der Waals surface area contributed by atoms with Gasteiger partial charge in [0.15, 0.2) is 0 Å². The number of ether oxygens (including phenoxy) is 1. The van der Waals surface area contributed by atoms with Gasteiger partial charge in [0.1, 0.15) is 5.75 Å². The maximum atomic E-state index is 12.1. The minimum absolute atomic E-state index is 0.159. The van der Waals surface area contributed by atoms with Crippen molar-refractivity contribution in [1.82, 2.24) is 10.0 Å². The first kappa shape index (κ1) is 19.7. The van der Waals surface area contributed by atoms with Crippen molar-refractivity contribution < 1.29 is 17.9 Å². The van der Waals surface area contributed by atoms with Gasteiger partial charge in [-0.2, -0.15) is 0 Å². The molecule has 0 heterocycles. The molecular weight excluding hydrogens is 352 g/mol. The van der Waals surface area contributed by atoms with E-state index in [1.807, 2.05) is 31.2 Å². The fourth-order valence-corrected chi connectivity index (χ4v) is 3.26. The lowest BCUT2D eigenvalue weighted by Crippen LogP contribution is -2.24. The molecule has 0 saturated heterocycles. The van der Waals surface area contributed by atoms with Crippen LogP contribution in [0.15, 0.2) is 60.0 Å². The van der Waals surface area contributed by atoms with Gasteiger partial charge in [-0.3, -0.25) is 4.79 Å². The summed E-state index contributed by atoms with van der Waals surface area (Å²) in [6.07, 6.45) is 1.23. The monoisotopic (exact) mass is 374 g/mol. The number of nitrogens with one attached hydrogen (secondary N) is 2. The second kappa shape index (κ2) is 8.16. The lowest BCUT2D eigenvalue weighted by molar-refractivity contribution is -0.117. The summed E-state index contributed by atoms with van der Waals surface area (Å²) in [6, 6.07) is 12.0. The first-order valence-corrected chi connectivity index (χ1v) is 9.45. The third-order valence-corrected chi connectivity index (χ3v) is 5.43. The summed E-state index contributed by atoms with van der Waals surface area (Å²) < 4.78 is 31.8. The molecule has 2 N–H and O–H groups in total. The van der Waals surface area contributed by atoms with Crippen LogP contribution in [0.25, 0.3) is 11.1 Å². The number of rotatable bonds is 7. The van der Waals surface area contributed by atoms with E-state index in [9.17, 15) is 13.2 Å². The molecule has 0 saturated carbocycles. The second-order valence-corrected chi connectivity index (χ2v) is 7.51. The summed E-state index contributed by atoms with van der Waals surface area (Å²) in [5.41, 5.74) is 2.39. The molecule has 0 fully saturated rings. The molecule has 6 nitrogen and oxygen atoms in total. The highest BCUT2D eigenvalue weighted by atomic mass is 32.2. The minimum atomic E-state index is -3.55. The molecule has 0 radical (unpaired) electrons. The summed E-state index contributed by atoms with van der Waals surface area (Å²) in [7, 11) is -0.652. The van der Waals surface area contributed by atoms with Crippen LogP contribution in [0, 0.1) is 0 Å². The highest BCUT2D eigenvalue weighted by molar-refractivity contribution is 7.89. The van der Waals surface area contributed by atoms with Gasteiger partial charge >= 0.3 is 0 Å². The molecule has 0 spiro atoms. The van der Waals surface area contributed by atoms with Crippen molar-refractivity contribution in [2.24, 2.45) is 0 Å². The molecule has 0 aliphatic carbocycles. The van der Waals surface area contributed by atoms with Gasteiger partial charge in [0.2, 0.25) is 15.9 Å². The van der Waals surface area contributed by atoms with Gasteiger partial charge < -0.3 is 10.1 Å². The van der Waals surface area contributed by atoms with Crippen molar-refractivity contribution in [2.75, 3.05) is 14.2 Å². The normalized spacial score (nSPS) is 12.3. The third kappa shape index (κ3) is 4.30. The predicted octanol–water partition coefficient (Wildman–Crippen LogP) is 2.63. The van der Waals surface area contributed by atoms with Gasteiger partial charge in [-0.15, -0.1) is 0 Å². The van der Waals surface area contributed by atoms with Crippen molar-refractivity contribution in [2.45, 2.75) is 17.9 Å². The van der Waals surface area contributed by atoms with Crippen LogP contribution in [0.4, 0.5) is 0 Å². The first-order valence-electron chi connectivity index (χ1n) is 7.97. The van der Waals surface area contributed by atoms with Gasteiger partial charge in [0, 0.05) is 5.56 Å². The number of sulfonamides is 1. The van der Waals surface area contributed by atoms with E-state index in [0.29, 0.717) is 11.3 Å². The Labute approximate surface area is 153 Å². The Bertz CT molecular complexity index is 906. The maximum absolute atomic E-state index is 12.1. The SMILES string of the molecule is C=CC(=O)N[C@H](C)c1ccc(-c2cc(S(=O)(=O)NC)ccc2OC)cc1. The summed E-state index contributed by atoms with van der Waals surface area (Å²) in [4.78, 5) is 11.6. The Kier molecular flexibility index (Phi) is 6.18. The lowest BCUT2D eigenvalue weighted by Gasteiger charge is -2.15. The van der Waals surface area contributed by atoms with E-state index >= 15 is 0 Å². The van der Waals surface area contributed by atoms with Gasteiger partial charge in [0.05, 0.1) is 18.0 Å². The highest BCUT2D eigenvalue weighted by Crippen LogP contribution is 2.32. The molecular formula is C19H22N2O4S. The third-order valence-electron chi connectivity index (χ3n) is 4.02. The fourth-order valence-electron chi connectivity index (χ4n) is 2.50. The number of carbonyl (C=O) groups excluding carboxylic acids is 1. The fraction of sp³-hybridized carbons (Fsp3) is 0.211. The highest BCUT2D eigenvalue weighted by Gasteiger charge is 2.16. The average molecular weight is 374 g/mol. The van der Waals surface area contributed by atoms with Crippen LogP contribution in [0.2, 0.25) is 0 Å². The molecule has 1 atom stereocenters. The molecule has 138 valence electrons. The molecule has 0 bridgehead atoms. The topological polar surface area (TPSA) is 84.5 Å². The summed E-state index contributed by atoms with van der Waals surface area (Å²) >= 11 is 0. The van der Waals surface area contributed by atoms with Crippen LogP contribution in [0.1, 0.15) is 18.5 Å². The average Bonchev–Trinajstić information content (AvgIpc) is 2.67. The summed E-state index contributed by atoms with van der Waals surface area (Å²) in [5.74, 6) is 0.328. The van der Waals surface area contributed by atoms with E-state index in [2.05, 4.69) is 16.6 Å². The Morgan fingerprint density at radius 2 is 1.85 bits per heavy atom. The van der Waals surface area contributed by atoms with E-state index in [1.165, 1.54) is 26.3 Å². The second-order valence-electron chi connectivity index (χ2n) is 5.63. The smallest absolute Gasteiger partial charge is 0.243 e. The molecule has 0 unspecified atom stereocenters. The number of amides is 1. The van der Waals surface area contributed by atoms with Gasteiger partial charge in [-0.05, 0) is 49.4 Å². The van der Waals surface area contributed by atoms with E-state index in [1.54, 1.807) is 12.1 Å². The minimum Gasteiger partial charge on any atom is -0.496 e. The molecule has 2 rings (SSSR count). The zero-order valence-electron chi connectivity index (χ0n) is 14.9. The quantitative estimate of drug-likeness (QED) is 0.730. The van der Waals surface area contributed by atoms with Gasteiger partial charge in [0.25, 0.3) is 0 Å². The molecule has 0 aliphatic heterocycles. The van der Waals surface area contributed by atoms with E-state index < -0.39 is 10.0 Å². The Balaban J connectivity index is 2.40. The predicted molar refractivity (Wildman–Crippen MR) is 101 cm³/mol. The molecule has 7 heteroatoms. The maximum Gasteiger partial charge on any atom is 0.243 e. The summed E-state index contributed by atoms with van der Waals surface area (Å²) in [6.45, 7) is 5.31. The zero-order chi connectivity index (χ0) is 19.3. The molecule has 2 aromatic rings. The van der Waals surface area contributed by atoms with E-state index in [0.717, 1.165) is 11.1 Å². The van der Waals surface area contributed by atoms with Crippen molar-refractivity contribution in [3.05, 3.63) is 60.7 Å². The van der Waals surface area contributed by atoms with Crippen LogP contribution in [-0.2, 0) is 14.8 Å². The van der Waals surface area contributed by atoms with Crippen LogP contribution < -0.4 is 14.8 Å². The number of methoxy groups -OCH3 is 1. The number of hydrogen-bond donors (Lipinski definition) is 2. The Morgan fingerprint density at radius 1 is 1.19 bits per heavy atom. The summed E-state index contributed by atoms with van der Waals surface area (Å²) in [5, 5.41) is 2.79. The van der Waals surface area contributed by atoms with Crippen LogP contribution in [-0.4, -0.2) is 28.5 Å². The number of benzene rings is 2. The van der Waals surface area contributed by atoms with Gasteiger partial charge in [-0.25, -0.2) is 13.1 Å².